The molecular weight excluding hydrogens is 402 g/mol. The molecule has 1 amide bonds. The standard InChI is InChI=1S/C22H22ClN5O2/c1-27-12-22(13-28(14-22)19(29)10-15-5-7-16(23)8-6-15)11-18(27)20-25-21(30-26-20)17-4-2-3-9-24-17/h2-9,18H,10-14H2,1H3. The van der Waals surface area contributed by atoms with Gasteiger partial charge >= 0.3 is 0 Å². The van der Waals surface area contributed by atoms with Crippen molar-refractivity contribution < 1.29 is 9.32 Å². The predicted octanol–water partition coefficient (Wildman–Crippen LogP) is 3.23. The highest BCUT2D eigenvalue weighted by Crippen LogP contribution is 2.47. The van der Waals surface area contributed by atoms with E-state index in [2.05, 4.69) is 27.1 Å². The zero-order chi connectivity index (χ0) is 20.7. The van der Waals surface area contributed by atoms with E-state index in [9.17, 15) is 4.79 Å². The van der Waals surface area contributed by atoms with Crippen LogP contribution in [0, 0.1) is 5.41 Å². The highest BCUT2D eigenvalue weighted by molar-refractivity contribution is 6.30. The van der Waals surface area contributed by atoms with E-state index in [-0.39, 0.29) is 17.4 Å². The van der Waals surface area contributed by atoms with Gasteiger partial charge < -0.3 is 9.42 Å². The molecule has 2 fully saturated rings. The topological polar surface area (TPSA) is 75.4 Å². The molecule has 0 saturated carbocycles. The van der Waals surface area contributed by atoms with Crippen LogP contribution >= 0.6 is 11.6 Å². The third kappa shape index (κ3) is 3.59. The summed E-state index contributed by atoms with van der Waals surface area (Å²) >= 11 is 5.92. The monoisotopic (exact) mass is 423 g/mol. The molecule has 0 bridgehead atoms. The first-order valence-corrected chi connectivity index (χ1v) is 10.4. The first-order chi connectivity index (χ1) is 14.5. The molecule has 1 unspecified atom stereocenters. The number of amides is 1. The molecule has 2 saturated heterocycles. The zero-order valence-corrected chi connectivity index (χ0v) is 17.4. The number of aromatic nitrogens is 3. The number of hydrogen-bond donors (Lipinski definition) is 0. The Kier molecular flexibility index (Phi) is 4.79. The summed E-state index contributed by atoms with van der Waals surface area (Å²) in [4.78, 5) is 25.7. The fourth-order valence-electron chi connectivity index (χ4n) is 4.58. The van der Waals surface area contributed by atoms with E-state index in [1.807, 2.05) is 47.4 Å². The molecule has 2 aliphatic heterocycles. The van der Waals surface area contributed by atoms with Crippen LogP contribution in [0.4, 0.5) is 0 Å². The Hall–Kier alpha value is -2.77. The minimum absolute atomic E-state index is 0.0831. The normalized spacial score (nSPS) is 20.5. The van der Waals surface area contributed by atoms with E-state index in [1.54, 1.807) is 6.20 Å². The molecular formula is C22H22ClN5O2. The van der Waals surface area contributed by atoms with Crippen LogP contribution in [0.2, 0.25) is 5.02 Å². The summed E-state index contributed by atoms with van der Waals surface area (Å²) < 4.78 is 5.44. The van der Waals surface area contributed by atoms with Gasteiger partial charge in [0.05, 0.1) is 12.5 Å². The molecule has 30 heavy (non-hydrogen) atoms. The summed E-state index contributed by atoms with van der Waals surface area (Å²) in [6.07, 6.45) is 3.03. The summed E-state index contributed by atoms with van der Waals surface area (Å²) in [5.41, 5.74) is 1.76. The first-order valence-electron chi connectivity index (χ1n) is 9.99. The second-order valence-corrected chi connectivity index (χ2v) is 8.80. The molecule has 154 valence electrons. The molecule has 5 rings (SSSR count). The summed E-state index contributed by atoms with van der Waals surface area (Å²) in [7, 11) is 2.08. The number of benzene rings is 1. The highest BCUT2D eigenvalue weighted by Gasteiger charge is 2.52. The van der Waals surface area contributed by atoms with Crippen LogP contribution in [0.5, 0.6) is 0 Å². The van der Waals surface area contributed by atoms with Crippen molar-refractivity contribution in [2.45, 2.75) is 18.9 Å². The molecule has 8 heteroatoms. The van der Waals surface area contributed by atoms with Crippen molar-refractivity contribution in [2.24, 2.45) is 5.41 Å². The minimum atomic E-state index is 0.0831. The number of rotatable bonds is 4. The molecule has 1 spiro atoms. The molecule has 0 radical (unpaired) electrons. The lowest BCUT2D eigenvalue weighted by molar-refractivity contribution is -0.141. The maximum atomic E-state index is 12.6. The van der Waals surface area contributed by atoms with E-state index in [0.717, 1.165) is 31.6 Å². The number of halogens is 1. The van der Waals surface area contributed by atoms with Gasteiger partial charge in [0.1, 0.15) is 5.69 Å². The zero-order valence-electron chi connectivity index (χ0n) is 16.7. The fourth-order valence-corrected chi connectivity index (χ4v) is 4.71. The van der Waals surface area contributed by atoms with Crippen molar-refractivity contribution in [1.29, 1.82) is 0 Å². The maximum Gasteiger partial charge on any atom is 0.276 e. The average molecular weight is 424 g/mol. The number of likely N-dealkylation sites (tertiary alicyclic amines) is 2. The van der Waals surface area contributed by atoms with Gasteiger partial charge in [0, 0.05) is 36.3 Å². The van der Waals surface area contributed by atoms with E-state index in [0.29, 0.717) is 28.9 Å². The highest BCUT2D eigenvalue weighted by atomic mass is 35.5. The Bertz CT molecular complexity index is 1050. The van der Waals surface area contributed by atoms with Crippen LogP contribution < -0.4 is 0 Å². The number of nitrogens with zero attached hydrogens (tertiary/aromatic N) is 5. The van der Waals surface area contributed by atoms with Gasteiger partial charge in [-0.1, -0.05) is 35.0 Å². The first kappa shape index (κ1) is 19.2. The van der Waals surface area contributed by atoms with Gasteiger partial charge in [0.2, 0.25) is 5.91 Å². The Morgan fingerprint density at radius 3 is 2.73 bits per heavy atom. The smallest absolute Gasteiger partial charge is 0.276 e. The number of carbonyl (C=O) groups is 1. The Balaban J connectivity index is 1.22. The van der Waals surface area contributed by atoms with Crippen LogP contribution in [0.25, 0.3) is 11.6 Å². The Labute approximate surface area is 179 Å². The van der Waals surface area contributed by atoms with Crippen molar-refractivity contribution in [2.75, 3.05) is 26.7 Å². The van der Waals surface area contributed by atoms with Gasteiger partial charge in [-0.15, -0.1) is 0 Å². The van der Waals surface area contributed by atoms with E-state index in [1.165, 1.54) is 0 Å². The second-order valence-electron chi connectivity index (χ2n) is 8.36. The number of pyridine rings is 1. The molecule has 0 N–H and O–H groups in total. The van der Waals surface area contributed by atoms with Crippen molar-refractivity contribution >= 4 is 17.5 Å². The Morgan fingerprint density at radius 1 is 1.20 bits per heavy atom. The Morgan fingerprint density at radius 2 is 2.00 bits per heavy atom. The number of carbonyl (C=O) groups excluding carboxylic acids is 1. The molecule has 7 nitrogen and oxygen atoms in total. The maximum absolute atomic E-state index is 12.6. The molecule has 1 atom stereocenters. The third-order valence-electron chi connectivity index (χ3n) is 6.04. The van der Waals surface area contributed by atoms with Crippen LogP contribution in [-0.2, 0) is 11.2 Å². The summed E-state index contributed by atoms with van der Waals surface area (Å²) in [6, 6.07) is 13.1. The summed E-state index contributed by atoms with van der Waals surface area (Å²) in [6.45, 7) is 2.45. The lowest BCUT2D eigenvalue weighted by Crippen LogP contribution is -2.59. The SMILES string of the molecule is CN1CC2(CC1c1noc(-c3ccccn3)n1)CN(C(=O)Cc1ccc(Cl)cc1)C2. The second kappa shape index (κ2) is 7.49. The van der Waals surface area contributed by atoms with Crippen LogP contribution in [0.15, 0.2) is 53.2 Å². The molecule has 0 aliphatic carbocycles. The van der Waals surface area contributed by atoms with Crippen molar-refractivity contribution in [3.63, 3.8) is 0 Å². The summed E-state index contributed by atoms with van der Waals surface area (Å²) in [5.74, 6) is 1.28. The van der Waals surface area contributed by atoms with Crippen molar-refractivity contribution in [1.82, 2.24) is 24.9 Å². The lowest BCUT2D eigenvalue weighted by Gasteiger charge is -2.48. The molecule has 1 aromatic carbocycles. The molecule has 2 aromatic heterocycles. The third-order valence-corrected chi connectivity index (χ3v) is 6.29. The van der Waals surface area contributed by atoms with E-state index < -0.39 is 0 Å². The van der Waals surface area contributed by atoms with Gasteiger partial charge in [0.15, 0.2) is 5.82 Å². The van der Waals surface area contributed by atoms with Crippen LogP contribution in [-0.4, -0.2) is 57.5 Å². The number of hydrogen-bond acceptors (Lipinski definition) is 6. The average Bonchev–Trinajstić information content (AvgIpc) is 3.34. The predicted molar refractivity (Wildman–Crippen MR) is 112 cm³/mol. The molecule has 4 heterocycles. The van der Waals surface area contributed by atoms with E-state index >= 15 is 0 Å². The lowest BCUT2D eigenvalue weighted by atomic mass is 9.77. The molecule has 3 aromatic rings. The minimum Gasteiger partial charge on any atom is -0.341 e. The van der Waals surface area contributed by atoms with Gasteiger partial charge in [-0.2, -0.15) is 4.98 Å². The van der Waals surface area contributed by atoms with Gasteiger partial charge in [-0.3, -0.25) is 14.7 Å². The van der Waals surface area contributed by atoms with Crippen LogP contribution in [0.1, 0.15) is 23.9 Å². The fraction of sp³-hybridized carbons (Fsp3) is 0.364. The largest absolute Gasteiger partial charge is 0.341 e. The van der Waals surface area contributed by atoms with E-state index in [4.69, 9.17) is 16.1 Å². The van der Waals surface area contributed by atoms with Gasteiger partial charge in [-0.05, 0) is 43.3 Å². The van der Waals surface area contributed by atoms with Gasteiger partial charge in [-0.25, -0.2) is 0 Å². The van der Waals surface area contributed by atoms with Crippen LogP contribution in [0.3, 0.4) is 0 Å². The van der Waals surface area contributed by atoms with Gasteiger partial charge in [0.25, 0.3) is 5.89 Å². The quantitative estimate of drug-likeness (QED) is 0.641. The van der Waals surface area contributed by atoms with Crippen molar-refractivity contribution in [3.05, 3.63) is 65.1 Å². The van der Waals surface area contributed by atoms with Crippen molar-refractivity contribution in [3.8, 4) is 11.6 Å². The molecule has 2 aliphatic rings. The summed E-state index contributed by atoms with van der Waals surface area (Å²) in [5, 5.41) is 4.89.